The molecular formula is C17H17ClIN5O2. The second-order valence-electron chi connectivity index (χ2n) is 5.62. The topological polar surface area (TPSA) is 74.0 Å². The van der Waals surface area contributed by atoms with E-state index in [-0.39, 0.29) is 12.6 Å². The fraction of sp³-hybridized carbons (Fsp3) is 0.235. The molecule has 1 N–H and O–H groups in total. The third-order valence-corrected chi connectivity index (χ3v) is 4.83. The van der Waals surface area contributed by atoms with Gasteiger partial charge in [0.05, 0.1) is 27.3 Å². The molecule has 1 amide bonds. The zero-order valence-corrected chi connectivity index (χ0v) is 16.9. The van der Waals surface area contributed by atoms with Gasteiger partial charge in [-0.2, -0.15) is 10.2 Å². The van der Waals surface area contributed by atoms with E-state index < -0.39 is 0 Å². The van der Waals surface area contributed by atoms with Crippen molar-refractivity contribution in [2.45, 2.75) is 26.6 Å². The number of aryl methyl sites for hydroxylation is 2. The number of nitrogens with one attached hydrogen (secondary N) is 1. The molecular weight excluding hydrogens is 469 g/mol. The SMILES string of the molecule is Cc1nn(CCC(=O)Nc2cnn(COc3cccc(Cl)c3)c2)cc1I. The van der Waals surface area contributed by atoms with Crippen molar-refractivity contribution < 1.29 is 9.53 Å². The van der Waals surface area contributed by atoms with E-state index in [4.69, 9.17) is 16.3 Å². The average molecular weight is 486 g/mol. The number of nitrogens with zero attached hydrogens (tertiary/aromatic N) is 4. The Kier molecular flexibility index (Phi) is 6.15. The number of aromatic nitrogens is 4. The Balaban J connectivity index is 1.47. The molecule has 0 saturated heterocycles. The largest absolute Gasteiger partial charge is 0.471 e. The fourth-order valence-corrected chi connectivity index (χ4v) is 2.85. The highest BCUT2D eigenvalue weighted by Crippen LogP contribution is 2.17. The van der Waals surface area contributed by atoms with Gasteiger partial charge in [0, 0.05) is 24.2 Å². The summed E-state index contributed by atoms with van der Waals surface area (Å²) in [5.74, 6) is 0.561. The van der Waals surface area contributed by atoms with Gasteiger partial charge in [-0.25, -0.2) is 4.68 Å². The number of ether oxygens (including phenoxy) is 1. The summed E-state index contributed by atoms with van der Waals surface area (Å²) in [6.45, 7) is 2.70. The fourth-order valence-electron chi connectivity index (χ4n) is 2.24. The van der Waals surface area contributed by atoms with Crippen LogP contribution in [0.5, 0.6) is 5.75 Å². The van der Waals surface area contributed by atoms with Crippen LogP contribution in [0.4, 0.5) is 5.69 Å². The molecule has 0 atom stereocenters. The summed E-state index contributed by atoms with van der Waals surface area (Å²) in [5.41, 5.74) is 1.59. The highest BCUT2D eigenvalue weighted by Gasteiger charge is 2.07. The molecule has 2 aromatic heterocycles. The molecule has 0 aliphatic heterocycles. The van der Waals surface area contributed by atoms with Gasteiger partial charge in [0.25, 0.3) is 0 Å². The Morgan fingerprint density at radius 2 is 2.19 bits per heavy atom. The Morgan fingerprint density at radius 3 is 2.92 bits per heavy atom. The lowest BCUT2D eigenvalue weighted by Crippen LogP contribution is -2.14. The van der Waals surface area contributed by atoms with E-state index in [2.05, 4.69) is 38.1 Å². The molecule has 0 bridgehead atoms. The van der Waals surface area contributed by atoms with Gasteiger partial charge >= 0.3 is 0 Å². The Labute approximate surface area is 169 Å². The number of benzene rings is 1. The zero-order chi connectivity index (χ0) is 18.5. The number of rotatable bonds is 7. The minimum Gasteiger partial charge on any atom is -0.471 e. The van der Waals surface area contributed by atoms with E-state index in [1.165, 1.54) is 0 Å². The first-order chi connectivity index (χ1) is 12.5. The van der Waals surface area contributed by atoms with Crippen LogP contribution in [0.25, 0.3) is 0 Å². The second kappa shape index (κ2) is 8.54. The molecule has 0 spiro atoms. The maximum atomic E-state index is 12.1. The Hall–Kier alpha value is -2.07. The monoisotopic (exact) mass is 485 g/mol. The first-order valence-electron chi connectivity index (χ1n) is 7.90. The van der Waals surface area contributed by atoms with Gasteiger partial charge in [-0.3, -0.25) is 9.48 Å². The van der Waals surface area contributed by atoms with Crippen molar-refractivity contribution in [2.24, 2.45) is 0 Å². The van der Waals surface area contributed by atoms with Crippen molar-refractivity contribution in [3.63, 3.8) is 0 Å². The number of amides is 1. The standard InChI is InChI=1S/C17H17ClIN5O2/c1-12-16(19)10-23(22-12)6-5-17(25)21-14-8-20-24(9-14)11-26-15-4-2-3-13(18)7-15/h2-4,7-10H,5-6,11H2,1H3,(H,21,25). The molecule has 3 rings (SSSR count). The van der Waals surface area contributed by atoms with Crippen LogP contribution >= 0.6 is 34.2 Å². The predicted molar refractivity (Wildman–Crippen MR) is 107 cm³/mol. The van der Waals surface area contributed by atoms with Gasteiger partial charge in [0.15, 0.2) is 6.73 Å². The number of halogens is 2. The minimum absolute atomic E-state index is 0.0940. The molecule has 0 saturated carbocycles. The third kappa shape index (κ3) is 5.21. The van der Waals surface area contributed by atoms with Crippen LogP contribution < -0.4 is 10.1 Å². The number of anilines is 1. The highest BCUT2D eigenvalue weighted by atomic mass is 127. The lowest BCUT2D eigenvalue weighted by Gasteiger charge is -2.06. The lowest BCUT2D eigenvalue weighted by atomic mass is 10.3. The van der Waals surface area contributed by atoms with Gasteiger partial charge < -0.3 is 10.1 Å². The van der Waals surface area contributed by atoms with Crippen molar-refractivity contribution in [3.8, 4) is 5.75 Å². The van der Waals surface area contributed by atoms with Gasteiger partial charge in [-0.1, -0.05) is 17.7 Å². The van der Waals surface area contributed by atoms with Gasteiger partial charge in [0.2, 0.25) is 5.91 Å². The van der Waals surface area contributed by atoms with Gasteiger partial charge in [0.1, 0.15) is 5.75 Å². The summed E-state index contributed by atoms with van der Waals surface area (Å²) < 4.78 is 10.1. The van der Waals surface area contributed by atoms with E-state index in [9.17, 15) is 4.79 Å². The molecule has 2 heterocycles. The first kappa shape index (κ1) is 18.7. The van der Waals surface area contributed by atoms with Crippen molar-refractivity contribution >= 4 is 45.8 Å². The molecule has 26 heavy (non-hydrogen) atoms. The normalized spacial score (nSPS) is 10.7. The Bertz CT molecular complexity index is 889. The van der Waals surface area contributed by atoms with Crippen LogP contribution in [-0.2, 0) is 18.1 Å². The molecule has 136 valence electrons. The maximum absolute atomic E-state index is 12.1. The lowest BCUT2D eigenvalue weighted by molar-refractivity contribution is -0.116. The number of carbonyl (C=O) groups excluding carboxylic acids is 1. The van der Waals surface area contributed by atoms with Gasteiger partial charge in [-0.05, 0) is 47.7 Å². The molecule has 0 aliphatic carbocycles. The van der Waals surface area contributed by atoms with Crippen LogP contribution in [0.2, 0.25) is 5.02 Å². The molecule has 0 fully saturated rings. The highest BCUT2D eigenvalue weighted by molar-refractivity contribution is 14.1. The van der Waals surface area contributed by atoms with Crippen molar-refractivity contribution in [3.05, 3.63) is 57.1 Å². The minimum atomic E-state index is -0.0940. The van der Waals surface area contributed by atoms with Crippen LogP contribution in [0.3, 0.4) is 0 Å². The van der Waals surface area contributed by atoms with Crippen LogP contribution in [-0.4, -0.2) is 25.5 Å². The summed E-state index contributed by atoms with van der Waals surface area (Å²) in [5, 5.41) is 11.9. The molecule has 3 aromatic rings. The van der Waals surface area contributed by atoms with Gasteiger partial charge in [-0.15, -0.1) is 0 Å². The quantitative estimate of drug-likeness (QED) is 0.518. The van der Waals surface area contributed by atoms with E-state index in [1.807, 2.05) is 25.3 Å². The first-order valence-corrected chi connectivity index (χ1v) is 9.35. The van der Waals surface area contributed by atoms with Crippen molar-refractivity contribution in [1.29, 1.82) is 0 Å². The predicted octanol–water partition coefficient (Wildman–Crippen LogP) is 3.71. The molecule has 7 nitrogen and oxygen atoms in total. The van der Waals surface area contributed by atoms with Crippen LogP contribution in [0.15, 0.2) is 42.9 Å². The van der Waals surface area contributed by atoms with E-state index >= 15 is 0 Å². The molecule has 9 heteroatoms. The number of carbonyl (C=O) groups is 1. The zero-order valence-electron chi connectivity index (χ0n) is 14.0. The number of hydrogen-bond donors (Lipinski definition) is 1. The Morgan fingerprint density at radius 1 is 1.35 bits per heavy atom. The molecule has 0 unspecified atom stereocenters. The average Bonchev–Trinajstić information content (AvgIpc) is 3.18. The molecule has 0 radical (unpaired) electrons. The summed E-state index contributed by atoms with van der Waals surface area (Å²) in [4.78, 5) is 12.1. The number of hydrogen-bond acceptors (Lipinski definition) is 4. The summed E-state index contributed by atoms with van der Waals surface area (Å²) in [6, 6.07) is 7.14. The second-order valence-corrected chi connectivity index (χ2v) is 7.22. The van der Waals surface area contributed by atoms with Crippen LogP contribution in [0, 0.1) is 10.5 Å². The molecule has 1 aromatic carbocycles. The summed E-state index contributed by atoms with van der Waals surface area (Å²) in [6.07, 6.45) is 5.56. The maximum Gasteiger partial charge on any atom is 0.226 e. The van der Waals surface area contributed by atoms with E-state index in [0.717, 1.165) is 9.26 Å². The third-order valence-electron chi connectivity index (χ3n) is 3.53. The van der Waals surface area contributed by atoms with E-state index in [1.54, 1.807) is 33.9 Å². The summed E-state index contributed by atoms with van der Waals surface area (Å²) >= 11 is 8.14. The summed E-state index contributed by atoms with van der Waals surface area (Å²) in [7, 11) is 0. The van der Waals surface area contributed by atoms with Crippen LogP contribution in [0.1, 0.15) is 12.1 Å². The van der Waals surface area contributed by atoms with Crippen molar-refractivity contribution in [2.75, 3.05) is 5.32 Å². The van der Waals surface area contributed by atoms with Crippen molar-refractivity contribution in [1.82, 2.24) is 19.6 Å². The van der Waals surface area contributed by atoms with E-state index in [0.29, 0.717) is 29.4 Å². The molecule has 0 aliphatic rings. The smallest absolute Gasteiger partial charge is 0.226 e.